The highest BCUT2D eigenvalue weighted by Gasteiger charge is 2.44. The second-order valence-electron chi connectivity index (χ2n) is 18.2. The summed E-state index contributed by atoms with van der Waals surface area (Å²) >= 11 is 0. The van der Waals surface area contributed by atoms with Gasteiger partial charge in [0.2, 0.25) is 5.91 Å². The van der Waals surface area contributed by atoms with Gasteiger partial charge in [-0.1, -0.05) is 205 Å². The van der Waals surface area contributed by atoms with Crippen molar-refractivity contribution >= 4 is 5.91 Å². The third-order valence-corrected chi connectivity index (χ3v) is 12.5. The maximum Gasteiger partial charge on any atom is 0.249 e. The Morgan fingerprint density at radius 3 is 1.44 bits per heavy atom. The maximum absolute atomic E-state index is 13.1. The second-order valence-corrected chi connectivity index (χ2v) is 18.2. The van der Waals surface area contributed by atoms with E-state index in [1.165, 1.54) is 122 Å². The van der Waals surface area contributed by atoms with Gasteiger partial charge in [-0.15, -0.1) is 0 Å². The van der Waals surface area contributed by atoms with Crippen LogP contribution >= 0.6 is 0 Å². The maximum atomic E-state index is 13.1. The molecule has 1 rings (SSSR count). The summed E-state index contributed by atoms with van der Waals surface area (Å²) in [6.07, 6.45) is 35.1. The Hall–Kier alpha value is -1.41. The second kappa shape index (κ2) is 41.1. The molecule has 1 heterocycles. The van der Waals surface area contributed by atoms with E-state index in [4.69, 9.17) is 9.47 Å². The molecule has 9 atom stereocenters. The highest BCUT2D eigenvalue weighted by Crippen LogP contribution is 2.23. The largest absolute Gasteiger partial charge is 0.394 e. The molecule has 11 heteroatoms. The molecule has 62 heavy (non-hydrogen) atoms. The Bertz CT molecular complexity index is 1060. The molecule has 0 aromatic heterocycles. The Morgan fingerprint density at radius 1 is 0.565 bits per heavy atom. The predicted molar refractivity (Wildman–Crippen MR) is 252 cm³/mol. The Kier molecular flexibility index (Phi) is 38.8. The van der Waals surface area contributed by atoms with Crippen molar-refractivity contribution in [2.24, 2.45) is 0 Å². The van der Waals surface area contributed by atoms with E-state index < -0.39 is 74.2 Å². The molecule has 0 aromatic carbocycles. The van der Waals surface area contributed by atoms with E-state index in [2.05, 4.69) is 43.5 Å². The van der Waals surface area contributed by atoms with E-state index >= 15 is 0 Å². The fourth-order valence-electron chi connectivity index (χ4n) is 8.24. The summed E-state index contributed by atoms with van der Waals surface area (Å²) in [7, 11) is 0. The smallest absolute Gasteiger partial charge is 0.249 e. The highest BCUT2D eigenvalue weighted by molar-refractivity contribution is 5.80. The van der Waals surface area contributed by atoms with Crippen molar-refractivity contribution < 1.29 is 50.0 Å². The summed E-state index contributed by atoms with van der Waals surface area (Å²) in [5.74, 6) is -0.704. The zero-order valence-electron chi connectivity index (χ0n) is 39.6. The van der Waals surface area contributed by atoms with E-state index in [9.17, 15) is 40.5 Å². The first-order chi connectivity index (χ1) is 30.2. The van der Waals surface area contributed by atoms with Gasteiger partial charge in [-0.2, -0.15) is 0 Å². The standard InChI is InChI=1S/C51H97NO10/c1-3-5-7-9-11-13-15-17-18-19-20-21-22-23-24-25-27-29-31-33-35-37-39-44(55)50(60)52-42(41-61-51-49(59)48(58)47(57)45(40-53)62-51)46(56)43(54)38-36-34-32-30-28-26-16-14-12-10-8-6-4-2/h20-21,23-24,42-49,51,53-59H,3-19,22,25-41H2,1-2H3,(H,52,60)/b21-20-,24-23-. The number of rotatable bonds is 43. The molecule has 1 saturated heterocycles. The highest BCUT2D eigenvalue weighted by atomic mass is 16.7. The molecule has 0 bridgehead atoms. The van der Waals surface area contributed by atoms with Crippen molar-refractivity contribution in [3.05, 3.63) is 24.3 Å². The van der Waals surface area contributed by atoms with Gasteiger partial charge in [0.05, 0.1) is 25.4 Å². The van der Waals surface area contributed by atoms with E-state index in [0.717, 1.165) is 64.2 Å². The normalized spacial score (nSPS) is 21.5. The number of aliphatic hydroxyl groups excluding tert-OH is 7. The Morgan fingerprint density at radius 2 is 0.984 bits per heavy atom. The van der Waals surface area contributed by atoms with Gasteiger partial charge in [-0.3, -0.25) is 4.79 Å². The topological polar surface area (TPSA) is 189 Å². The summed E-state index contributed by atoms with van der Waals surface area (Å²) in [5.41, 5.74) is 0. The summed E-state index contributed by atoms with van der Waals surface area (Å²) < 4.78 is 11.1. The van der Waals surface area contributed by atoms with Crippen molar-refractivity contribution in [3.8, 4) is 0 Å². The van der Waals surface area contributed by atoms with Crippen molar-refractivity contribution in [2.75, 3.05) is 13.2 Å². The van der Waals surface area contributed by atoms with Crippen molar-refractivity contribution in [2.45, 2.75) is 281 Å². The van der Waals surface area contributed by atoms with Gasteiger partial charge >= 0.3 is 0 Å². The van der Waals surface area contributed by atoms with Crippen LogP contribution in [0.3, 0.4) is 0 Å². The minimum absolute atomic E-state index is 0.249. The molecule has 1 aliphatic heterocycles. The summed E-state index contributed by atoms with van der Waals surface area (Å²) in [5, 5.41) is 75.8. The van der Waals surface area contributed by atoms with Crippen LogP contribution in [0.1, 0.15) is 226 Å². The summed E-state index contributed by atoms with van der Waals surface area (Å²) in [6, 6.07) is -1.17. The molecular weight excluding hydrogens is 787 g/mol. The van der Waals surface area contributed by atoms with E-state index in [1.807, 2.05) is 0 Å². The van der Waals surface area contributed by atoms with Crippen LogP contribution in [0.2, 0.25) is 0 Å². The number of carbonyl (C=O) groups is 1. The molecule has 0 saturated carbocycles. The average molecular weight is 884 g/mol. The van der Waals surface area contributed by atoms with Crippen LogP contribution in [0.5, 0.6) is 0 Å². The van der Waals surface area contributed by atoms with Crippen LogP contribution in [-0.4, -0.2) is 110 Å². The number of amides is 1. The first-order valence-electron chi connectivity index (χ1n) is 25.7. The van der Waals surface area contributed by atoms with Crippen LogP contribution in [0, 0.1) is 0 Å². The van der Waals surface area contributed by atoms with E-state index in [0.29, 0.717) is 19.3 Å². The summed E-state index contributed by atoms with van der Waals surface area (Å²) in [4.78, 5) is 13.1. The van der Waals surface area contributed by atoms with Gasteiger partial charge in [0.15, 0.2) is 6.29 Å². The molecule has 0 aliphatic carbocycles. The first-order valence-corrected chi connectivity index (χ1v) is 25.7. The number of nitrogens with one attached hydrogen (secondary N) is 1. The van der Waals surface area contributed by atoms with E-state index in [-0.39, 0.29) is 6.42 Å². The molecule has 1 fully saturated rings. The number of aliphatic hydroxyl groups is 7. The zero-order chi connectivity index (χ0) is 45.5. The van der Waals surface area contributed by atoms with Crippen LogP contribution < -0.4 is 5.32 Å². The third kappa shape index (κ3) is 29.9. The number of hydrogen-bond donors (Lipinski definition) is 8. The molecule has 9 unspecified atom stereocenters. The van der Waals surface area contributed by atoms with Gasteiger partial charge < -0.3 is 50.5 Å². The minimum atomic E-state index is -1.66. The van der Waals surface area contributed by atoms with Crippen molar-refractivity contribution in [3.63, 3.8) is 0 Å². The monoisotopic (exact) mass is 884 g/mol. The lowest BCUT2D eigenvalue weighted by molar-refractivity contribution is -0.303. The molecular formula is C51H97NO10. The first kappa shape index (κ1) is 58.6. The number of carbonyl (C=O) groups excluding carboxylic acids is 1. The van der Waals surface area contributed by atoms with Crippen molar-refractivity contribution in [1.82, 2.24) is 5.32 Å². The lowest BCUT2D eigenvalue weighted by Crippen LogP contribution is -2.60. The number of unbranched alkanes of at least 4 members (excludes halogenated alkanes) is 27. The third-order valence-electron chi connectivity index (χ3n) is 12.5. The van der Waals surface area contributed by atoms with Gasteiger partial charge in [0.25, 0.3) is 0 Å². The van der Waals surface area contributed by atoms with Gasteiger partial charge in [0.1, 0.15) is 36.6 Å². The number of ether oxygens (including phenoxy) is 2. The molecule has 366 valence electrons. The van der Waals surface area contributed by atoms with Gasteiger partial charge in [0, 0.05) is 0 Å². The van der Waals surface area contributed by atoms with Crippen LogP contribution in [0.15, 0.2) is 24.3 Å². The van der Waals surface area contributed by atoms with Crippen LogP contribution in [0.25, 0.3) is 0 Å². The predicted octanol–water partition coefficient (Wildman–Crippen LogP) is 9.40. The SMILES string of the molecule is CCCCCCCCCCC/C=C\C/C=C\CCCCCCCCC(O)C(=O)NC(COC1OC(CO)C(O)C(O)C1O)C(O)C(O)CCCCCCCCCCCCCCC. The fraction of sp³-hybridized carbons (Fsp3) is 0.902. The van der Waals surface area contributed by atoms with Gasteiger partial charge in [-0.05, 0) is 44.9 Å². The average Bonchev–Trinajstić information content (AvgIpc) is 3.27. The fourth-order valence-corrected chi connectivity index (χ4v) is 8.24. The minimum Gasteiger partial charge on any atom is -0.394 e. The number of allylic oxidation sites excluding steroid dienone is 4. The molecule has 1 aliphatic rings. The lowest BCUT2D eigenvalue weighted by Gasteiger charge is -2.40. The Labute approximate surface area is 378 Å². The number of hydrogen-bond acceptors (Lipinski definition) is 10. The Balaban J connectivity index is 2.38. The zero-order valence-corrected chi connectivity index (χ0v) is 39.6. The summed E-state index contributed by atoms with van der Waals surface area (Å²) in [6.45, 7) is 3.44. The van der Waals surface area contributed by atoms with Crippen molar-refractivity contribution in [1.29, 1.82) is 0 Å². The quantitative estimate of drug-likeness (QED) is 0.0216. The molecule has 0 aromatic rings. The van der Waals surface area contributed by atoms with Crippen LogP contribution in [-0.2, 0) is 14.3 Å². The molecule has 0 radical (unpaired) electrons. The lowest BCUT2D eigenvalue weighted by atomic mass is 9.98. The molecule has 11 nitrogen and oxygen atoms in total. The molecule has 8 N–H and O–H groups in total. The molecule has 1 amide bonds. The molecule has 0 spiro atoms. The van der Waals surface area contributed by atoms with E-state index in [1.54, 1.807) is 0 Å². The van der Waals surface area contributed by atoms with Gasteiger partial charge in [-0.25, -0.2) is 0 Å². The van der Waals surface area contributed by atoms with Crippen LogP contribution in [0.4, 0.5) is 0 Å².